The third kappa shape index (κ3) is 5.05. The molecule has 1 saturated heterocycles. The van der Waals surface area contributed by atoms with Gasteiger partial charge < -0.3 is 15.2 Å². The van der Waals surface area contributed by atoms with Gasteiger partial charge >= 0.3 is 5.69 Å². The lowest BCUT2D eigenvalue weighted by Crippen LogP contribution is -2.43. The second-order valence-electron chi connectivity index (χ2n) is 8.32. The lowest BCUT2D eigenvalue weighted by Gasteiger charge is -2.31. The van der Waals surface area contributed by atoms with E-state index in [0.29, 0.717) is 55.7 Å². The Bertz CT molecular complexity index is 1190. The highest BCUT2D eigenvalue weighted by atomic mass is 19.1. The minimum absolute atomic E-state index is 0.0462. The van der Waals surface area contributed by atoms with E-state index in [0.717, 1.165) is 5.69 Å². The second kappa shape index (κ2) is 9.85. The van der Waals surface area contributed by atoms with Gasteiger partial charge in [-0.3, -0.25) is 14.2 Å². The quantitative estimate of drug-likeness (QED) is 0.606. The lowest BCUT2D eigenvalue weighted by atomic mass is 9.95. The number of nitrogens with one attached hydrogen (secondary N) is 2. The number of carbonyl (C=O) groups excluding carboxylic acids is 2. The molecular formula is C25H27FN4O3. The van der Waals surface area contributed by atoms with E-state index in [1.54, 1.807) is 58.1 Å². The van der Waals surface area contributed by atoms with Gasteiger partial charge in [0.25, 0.3) is 5.91 Å². The van der Waals surface area contributed by atoms with Gasteiger partial charge in [0.2, 0.25) is 5.91 Å². The van der Waals surface area contributed by atoms with Crippen LogP contribution in [-0.2, 0) is 11.2 Å². The number of amides is 2. The fourth-order valence-electron chi connectivity index (χ4n) is 4.22. The van der Waals surface area contributed by atoms with Crippen molar-refractivity contribution in [2.24, 2.45) is 5.92 Å². The van der Waals surface area contributed by atoms with E-state index in [-0.39, 0.29) is 29.2 Å². The molecule has 0 spiro atoms. The molecule has 2 amide bonds. The van der Waals surface area contributed by atoms with Gasteiger partial charge in [0.15, 0.2) is 0 Å². The Balaban J connectivity index is 1.27. The summed E-state index contributed by atoms with van der Waals surface area (Å²) < 4.78 is 15.2. The molecule has 2 heterocycles. The highest BCUT2D eigenvalue weighted by Crippen LogP contribution is 2.20. The molecule has 0 unspecified atom stereocenters. The van der Waals surface area contributed by atoms with E-state index in [9.17, 15) is 18.8 Å². The van der Waals surface area contributed by atoms with Crippen molar-refractivity contribution in [1.29, 1.82) is 0 Å². The number of benzene rings is 2. The van der Waals surface area contributed by atoms with Crippen LogP contribution in [-0.4, -0.2) is 45.9 Å². The van der Waals surface area contributed by atoms with Crippen molar-refractivity contribution >= 4 is 11.8 Å². The Morgan fingerprint density at radius 3 is 2.42 bits per heavy atom. The van der Waals surface area contributed by atoms with E-state index in [2.05, 4.69) is 10.3 Å². The molecule has 0 bridgehead atoms. The Kier molecular flexibility index (Phi) is 6.72. The molecule has 0 aliphatic carbocycles. The first-order valence-corrected chi connectivity index (χ1v) is 11.1. The average molecular weight is 451 g/mol. The molecule has 2 aromatic carbocycles. The molecule has 1 aliphatic heterocycles. The van der Waals surface area contributed by atoms with Crippen molar-refractivity contribution in [3.63, 3.8) is 0 Å². The summed E-state index contributed by atoms with van der Waals surface area (Å²) in [4.78, 5) is 41.7. The minimum Gasteiger partial charge on any atom is -0.356 e. The molecule has 7 nitrogen and oxygen atoms in total. The van der Waals surface area contributed by atoms with Gasteiger partial charge in [-0.15, -0.1) is 0 Å². The number of rotatable bonds is 6. The van der Waals surface area contributed by atoms with Crippen LogP contribution in [0.4, 0.5) is 4.39 Å². The maximum absolute atomic E-state index is 13.7. The van der Waals surface area contributed by atoms with Crippen molar-refractivity contribution in [3.05, 3.63) is 87.9 Å². The number of likely N-dealkylation sites (tertiary alicyclic amines) is 1. The molecule has 0 radical (unpaired) electrons. The van der Waals surface area contributed by atoms with Crippen molar-refractivity contribution in [2.75, 3.05) is 19.6 Å². The first kappa shape index (κ1) is 22.5. The van der Waals surface area contributed by atoms with Crippen LogP contribution in [0.3, 0.4) is 0 Å². The van der Waals surface area contributed by atoms with Crippen LogP contribution in [0.2, 0.25) is 0 Å². The molecule has 0 saturated carbocycles. The van der Waals surface area contributed by atoms with Gasteiger partial charge in [-0.2, -0.15) is 0 Å². The number of hydrogen-bond acceptors (Lipinski definition) is 3. The number of imidazole rings is 1. The minimum atomic E-state index is -0.262. The summed E-state index contributed by atoms with van der Waals surface area (Å²) in [6.07, 6.45) is 3.27. The lowest BCUT2D eigenvalue weighted by molar-refractivity contribution is -0.126. The van der Waals surface area contributed by atoms with E-state index >= 15 is 0 Å². The summed E-state index contributed by atoms with van der Waals surface area (Å²) in [5.74, 6) is -0.546. The van der Waals surface area contributed by atoms with Crippen LogP contribution in [0.15, 0.2) is 59.5 Å². The molecule has 172 valence electrons. The van der Waals surface area contributed by atoms with Crippen molar-refractivity contribution in [3.8, 4) is 5.69 Å². The van der Waals surface area contributed by atoms with Gasteiger partial charge in [-0.1, -0.05) is 18.2 Å². The zero-order valence-electron chi connectivity index (χ0n) is 18.5. The monoisotopic (exact) mass is 450 g/mol. The first-order chi connectivity index (χ1) is 15.9. The summed E-state index contributed by atoms with van der Waals surface area (Å²) in [6.45, 7) is 3.22. The smallest absolute Gasteiger partial charge is 0.330 e. The SMILES string of the molecule is Cc1c[nH]c(=O)n1-c1ccc(C(=O)N2CCC(C(=O)NCCc3ccccc3F)CC2)cc1. The molecule has 3 aromatic rings. The Morgan fingerprint density at radius 2 is 1.79 bits per heavy atom. The van der Waals surface area contributed by atoms with E-state index in [1.807, 2.05) is 6.92 Å². The number of carbonyl (C=O) groups is 2. The molecule has 2 N–H and O–H groups in total. The van der Waals surface area contributed by atoms with E-state index in [1.165, 1.54) is 6.07 Å². The molecule has 1 aromatic heterocycles. The summed E-state index contributed by atoms with van der Waals surface area (Å²) in [6, 6.07) is 13.5. The van der Waals surface area contributed by atoms with Gasteiger partial charge in [-0.05, 0) is 62.1 Å². The summed E-state index contributed by atoms with van der Waals surface area (Å²) >= 11 is 0. The van der Waals surface area contributed by atoms with Crippen LogP contribution in [0, 0.1) is 18.7 Å². The average Bonchev–Trinajstić information content (AvgIpc) is 3.17. The largest absolute Gasteiger partial charge is 0.356 e. The zero-order chi connectivity index (χ0) is 23.4. The van der Waals surface area contributed by atoms with E-state index < -0.39 is 0 Å². The Labute approximate surface area is 191 Å². The molecular weight excluding hydrogens is 423 g/mol. The van der Waals surface area contributed by atoms with E-state index in [4.69, 9.17) is 0 Å². The molecule has 4 rings (SSSR count). The highest BCUT2D eigenvalue weighted by molar-refractivity contribution is 5.94. The van der Waals surface area contributed by atoms with Crippen LogP contribution in [0.5, 0.6) is 0 Å². The third-order valence-electron chi connectivity index (χ3n) is 6.14. The fourth-order valence-corrected chi connectivity index (χ4v) is 4.22. The molecule has 33 heavy (non-hydrogen) atoms. The van der Waals surface area contributed by atoms with Gasteiger partial charge in [0.05, 0.1) is 5.69 Å². The zero-order valence-corrected chi connectivity index (χ0v) is 18.5. The highest BCUT2D eigenvalue weighted by Gasteiger charge is 2.27. The topological polar surface area (TPSA) is 87.2 Å². The number of piperidine rings is 1. The Hall–Kier alpha value is -3.68. The number of halogens is 1. The third-order valence-corrected chi connectivity index (χ3v) is 6.14. The van der Waals surface area contributed by atoms with Gasteiger partial charge in [0, 0.05) is 43.0 Å². The van der Waals surface area contributed by atoms with Crippen LogP contribution < -0.4 is 11.0 Å². The number of H-pyrrole nitrogens is 1. The maximum Gasteiger partial charge on any atom is 0.330 e. The maximum atomic E-state index is 13.7. The predicted molar refractivity (Wildman–Crippen MR) is 123 cm³/mol. The molecule has 1 fully saturated rings. The fraction of sp³-hybridized carbons (Fsp3) is 0.320. The number of nitrogens with zero attached hydrogens (tertiary/aromatic N) is 2. The second-order valence-corrected chi connectivity index (χ2v) is 8.32. The molecule has 0 atom stereocenters. The number of hydrogen-bond donors (Lipinski definition) is 2. The summed E-state index contributed by atoms with van der Waals surface area (Å²) in [5, 5.41) is 2.89. The van der Waals surface area contributed by atoms with Crippen molar-refractivity contribution in [1.82, 2.24) is 19.8 Å². The number of aromatic nitrogens is 2. The number of aryl methyl sites for hydroxylation is 1. The van der Waals surface area contributed by atoms with Crippen LogP contribution in [0.1, 0.15) is 34.5 Å². The molecule has 1 aliphatic rings. The summed E-state index contributed by atoms with van der Waals surface area (Å²) in [5.41, 5.74) is 2.39. The normalized spacial score (nSPS) is 14.3. The van der Waals surface area contributed by atoms with Crippen LogP contribution >= 0.6 is 0 Å². The number of aromatic amines is 1. The van der Waals surface area contributed by atoms with Crippen LogP contribution in [0.25, 0.3) is 5.69 Å². The van der Waals surface area contributed by atoms with Crippen molar-refractivity contribution in [2.45, 2.75) is 26.2 Å². The first-order valence-electron chi connectivity index (χ1n) is 11.1. The Morgan fingerprint density at radius 1 is 1.09 bits per heavy atom. The molecule has 8 heteroatoms. The van der Waals surface area contributed by atoms with Crippen molar-refractivity contribution < 1.29 is 14.0 Å². The standard InChI is InChI=1S/C25H27FN4O3/c1-17-16-28-25(33)30(17)21-8-6-20(7-9-21)24(32)29-14-11-19(12-15-29)23(31)27-13-10-18-4-2-3-5-22(18)26/h2-9,16,19H,10-15H2,1H3,(H,27,31)(H,28,33). The predicted octanol–water partition coefficient (Wildman–Crippen LogP) is 2.82. The van der Waals surface area contributed by atoms with Gasteiger partial charge in [0.1, 0.15) is 5.82 Å². The summed E-state index contributed by atoms with van der Waals surface area (Å²) in [7, 11) is 0. The van der Waals surface area contributed by atoms with Gasteiger partial charge in [-0.25, -0.2) is 9.18 Å².